The van der Waals surface area contributed by atoms with Crippen molar-refractivity contribution in [2.75, 3.05) is 0 Å². The average Bonchev–Trinajstić information content (AvgIpc) is 2.15. The van der Waals surface area contributed by atoms with Crippen molar-refractivity contribution in [1.29, 1.82) is 0 Å². The van der Waals surface area contributed by atoms with Gasteiger partial charge in [-0.05, 0) is 30.0 Å². The fourth-order valence-corrected chi connectivity index (χ4v) is 1.71. The standard InChI is InChI=1S/C10H14O3S/c1-3-8(2)9-4-6-10(7-5-9)14(11,12)13/h4-8H,3H2,1-2H3,(H,11,12,13)/p+1. The molecule has 2 N–H and O–H groups in total. The molecule has 0 spiro atoms. The minimum atomic E-state index is -3.80. The summed E-state index contributed by atoms with van der Waals surface area (Å²) in [6, 6.07) is 6.53. The summed E-state index contributed by atoms with van der Waals surface area (Å²) in [4.78, 5) is 0.0598. The highest BCUT2D eigenvalue weighted by Crippen LogP contribution is 2.20. The fraction of sp³-hybridized carbons (Fsp3) is 0.400. The fourth-order valence-electron chi connectivity index (χ4n) is 1.21. The Balaban J connectivity index is 3.01. The second-order valence-electron chi connectivity index (χ2n) is 3.38. The maximum absolute atomic E-state index is 10.9. The molecule has 0 aromatic heterocycles. The minimum Gasteiger partial charge on any atom is -0.329 e. The molecule has 0 aliphatic rings. The summed E-state index contributed by atoms with van der Waals surface area (Å²) in [5.74, 6) is 0.428. The van der Waals surface area contributed by atoms with Crippen LogP contribution in [0.5, 0.6) is 0 Å². The summed E-state index contributed by atoms with van der Waals surface area (Å²) in [6.45, 7) is 4.17. The van der Waals surface area contributed by atoms with Crippen molar-refractivity contribution in [1.82, 2.24) is 0 Å². The highest BCUT2D eigenvalue weighted by atomic mass is 32.2. The Labute approximate surface area is 84.5 Å². The molecule has 0 aliphatic heterocycles. The van der Waals surface area contributed by atoms with Crippen molar-refractivity contribution in [3.63, 3.8) is 0 Å². The molecule has 0 saturated carbocycles. The zero-order valence-corrected chi connectivity index (χ0v) is 9.14. The van der Waals surface area contributed by atoms with E-state index in [4.69, 9.17) is 4.55 Å². The van der Waals surface area contributed by atoms with Gasteiger partial charge in [0.05, 0.1) is 0 Å². The second-order valence-corrected chi connectivity index (χ2v) is 4.86. The lowest BCUT2D eigenvalue weighted by molar-refractivity contribution is 0.483. The highest BCUT2D eigenvalue weighted by molar-refractivity contribution is 7.85. The molecule has 78 valence electrons. The van der Waals surface area contributed by atoms with Gasteiger partial charge in [0.25, 0.3) is 0 Å². The summed E-state index contributed by atoms with van der Waals surface area (Å²) in [5.41, 5.74) is 1.11. The lowest BCUT2D eigenvalue weighted by Crippen LogP contribution is -1.98. The van der Waals surface area contributed by atoms with Crippen LogP contribution in [0.15, 0.2) is 29.2 Å². The van der Waals surface area contributed by atoms with Gasteiger partial charge in [-0.25, -0.2) is 0 Å². The maximum Gasteiger partial charge on any atom is 0.409 e. The van der Waals surface area contributed by atoms with Crippen LogP contribution >= 0.6 is 0 Å². The molecule has 1 rings (SSSR count). The van der Waals surface area contributed by atoms with Gasteiger partial charge in [0.1, 0.15) is 4.90 Å². The van der Waals surface area contributed by atoms with Gasteiger partial charge in [-0.1, -0.05) is 26.0 Å². The number of rotatable bonds is 3. The Morgan fingerprint density at radius 3 is 2.14 bits per heavy atom. The molecule has 3 nitrogen and oxygen atoms in total. The Hall–Kier alpha value is -0.870. The van der Waals surface area contributed by atoms with E-state index in [1.54, 1.807) is 12.1 Å². The van der Waals surface area contributed by atoms with Gasteiger partial charge in [-0.15, -0.1) is 8.42 Å². The van der Waals surface area contributed by atoms with Crippen LogP contribution in [0.3, 0.4) is 0 Å². The van der Waals surface area contributed by atoms with Gasteiger partial charge in [0.2, 0.25) is 0 Å². The van der Waals surface area contributed by atoms with Crippen molar-refractivity contribution in [2.45, 2.75) is 31.1 Å². The Morgan fingerprint density at radius 1 is 1.29 bits per heavy atom. The molecule has 0 amide bonds. The molecule has 1 atom stereocenters. The minimum absolute atomic E-state index is 0.0598. The quantitative estimate of drug-likeness (QED) is 0.719. The van der Waals surface area contributed by atoms with Gasteiger partial charge in [-0.2, -0.15) is 0 Å². The first kappa shape index (κ1) is 11.2. The van der Waals surface area contributed by atoms with Gasteiger partial charge in [0.15, 0.2) is 0 Å². The molecule has 1 unspecified atom stereocenters. The lowest BCUT2D eigenvalue weighted by atomic mass is 9.99. The smallest absolute Gasteiger partial charge is 0.329 e. The average molecular weight is 215 g/mol. The van der Waals surface area contributed by atoms with E-state index in [-0.39, 0.29) is 4.90 Å². The molecule has 0 fully saturated rings. The van der Waals surface area contributed by atoms with Gasteiger partial charge in [0, 0.05) is 0 Å². The first-order valence-corrected chi connectivity index (χ1v) is 6.03. The monoisotopic (exact) mass is 215 g/mol. The summed E-state index contributed by atoms with van der Waals surface area (Å²) >= 11 is 0. The molecule has 0 aliphatic carbocycles. The zero-order chi connectivity index (χ0) is 10.8. The van der Waals surface area contributed by atoms with Crippen LogP contribution < -0.4 is 0 Å². The van der Waals surface area contributed by atoms with Gasteiger partial charge >= 0.3 is 10.1 Å². The molecule has 1 aromatic carbocycles. The van der Waals surface area contributed by atoms with E-state index < -0.39 is 10.1 Å². The molecule has 14 heavy (non-hydrogen) atoms. The van der Waals surface area contributed by atoms with E-state index in [0.29, 0.717) is 5.92 Å². The Kier molecular flexibility index (Phi) is 3.29. The van der Waals surface area contributed by atoms with Crippen LogP contribution in [0.4, 0.5) is 0 Å². The predicted octanol–water partition coefficient (Wildman–Crippen LogP) is 1.61. The van der Waals surface area contributed by atoms with Gasteiger partial charge < -0.3 is 4.55 Å². The predicted molar refractivity (Wildman–Crippen MR) is 55.9 cm³/mol. The molecule has 0 radical (unpaired) electrons. The molecule has 0 bridgehead atoms. The summed E-state index contributed by atoms with van der Waals surface area (Å²) in [7, 11) is -3.80. The van der Waals surface area contributed by atoms with E-state index in [2.05, 4.69) is 13.8 Å². The van der Waals surface area contributed by atoms with Crippen LogP contribution in [0.2, 0.25) is 0 Å². The SMILES string of the molecule is CCC(C)c1ccc(S(=O)(=O)[OH2+])cc1. The summed E-state index contributed by atoms with van der Waals surface area (Å²) in [5, 5.41) is 0. The van der Waals surface area contributed by atoms with Crippen molar-refractivity contribution in [3.8, 4) is 0 Å². The van der Waals surface area contributed by atoms with Crippen LogP contribution in [-0.2, 0) is 10.1 Å². The van der Waals surface area contributed by atoms with Crippen LogP contribution in [0.25, 0.3) is 0 Å². The Bertz CT molecular complexity index is 392. The topological polar surface area (TPSA) is 57.0 Å². The third-order valence-electron chi connectivity index (χ3n) is 2.37. The van der Waals surface area contributed by atoms with Crippen LogP contribution in [0.1, 0.15) is 31.7 Å². The van der Waals surface area contributed by atoms with E-state index in [1.807, 2.05) is 0 Å². The van der Waals surface area contributed by atoms with E-state index in [9.17, 15) is 8.42 Å². The maximum atomic E-state index is 10.9. The lowest BCUT2D eigenvalue weighted by Gasteiger charge is -2.07. The molecule has 0 saturated heterocycles. The normalized spacial score (nSPS) is 13.9. The zero-order valence-electron chi connectivity index (χ0n) is 8.32. The van der Waals surface area contributed by atoms with Crippen molar-refractivity contribution in [3.05, 3.63) is 29.8 Å². The van der Waals surface area contributed by atoms with Crippen molar-refractivity contribution >= 4 is 10.1 Å². The first-order valence-electron chi connectivity index (χ1n) is 4.54. The first-order chi connectivity index (χ1) is 6.45. The van der Waals surface area contributed by atoms with Gasteiger partial charge in [-0.3, -0.25) is 0 Å². The molecule has 1 aromatic rings. The van der Waals surface area contributed by atoms with E-state index in [0.717, 1.165) is 12.0 Å². The summed E-state index contributed by atoms with van der Waals surface area (Å²) < 4.78 is 28.6. The molecule has 4 heteroatoms. The number of benzene rings is 1. The van der Waals surface area contributed by atoms with Crippen molar-refractivity contribution < 1.29 is 13.0 Å². The largest absolute Gasteiger partial charge is 0.409 e. The third kappa shape index (κ3) is 2.56. The number of hydrogen-bond donors (Lipinski definition) is 0. The van der Waals surface area contributed by atoms with Crippen molar-refractivity contribution in [2.24, 2.45) is 0 Å². The molecule has 0 heterocycles. The number of hydrogen-bond acceptors (Lipinski definition) is 2. The third-order valence-corrected chi connectivity index (χ3v) is 3.26. The Morgan fingerprint density at radius 2 is 1.79 bits per heavy atom. The van der Waals surface area contributed by atoms with E-state index in [1.165, 1.54) is 12.1 Å². The van der Waals surface area contributed by atoms with Crippen LogP contribution in [-0.4, -0.2) is 13.0 Å². The molecular weight excluding hydrogens is 200 g/mol. The summed E-state index contributed by atoms with van der Waals surface area (Å²) in [6.07, 6.45) is 1.02. The van der Waals surface area contributed by atoms with E-state index >= 15 is 0 Å². The molecular formula is C10H15O3S+. The van der Waals surface area contributed by atoms with Crippen LogP contribution in [0, 0.1) is 0 Å². The highest BCUT2D eigenvalue weighted by Gasteiger charge is 2.14. The second kappa shape index (κ2) is 4.11.